The fourth-order valence-electron chi connectivity index (χ4n) is 18.2. The average Bonchev–Trinajstić information content (AvgIpc) is 1.19. The summed E-state index contributed by atoms with van der Waals surface area (Å²) in [5.41, 5.74) is 66.8. The van der Waals surface area contributed by atoms with Gasteiger partial charge in [0.05, 0.1) is 48.1 Å². The summed E-state index contributed by atoms with van der Waals surface area (Å²) in [5, 5.41) is 3.02. The molecule has 0 amide bonds. The number of nitrogens with two attached hydrogens (primary N) is 8. The summed E-state index contributed by atoms with van der Waals surface area (Å²) in [6, 6.07) is 43.7. The number of halogens is 7. The van der Waals surface area contributed by atoms with Gasteiger partial charge < -0.3 is 94.8 Å². The van der Waals surface area contributed by atoms with E-state index >= 15 is 0 Å². The predicted molar refractivity (Wildman–Crippen MR) is 581 cm³/mol. The average molecular weight is 2080 g/mol. The van der Waals surface area contributed by atoms with Crippen molar-refractivity contribution in [2.75, 3.05) is 88.5 Å². The van der Waals surface area contributed by atoms with Crippen molar-refractivity contribution in [1.29, 1.82) is 0 Å². The molecule has 1 aliphatic carbocycles. The molecule has 0 bridgehead atoms. The van der Waals surface area contributed by atoms with Crippen LogP contribution in [-0.2, 0) is 89.5 Å². The van der Waals surface area contributed by atoms with E-state index in [0.717, 1.165) is 161 Å². The van der Waals surface area contributed by atoms with E-state index in [-0.39, 0.29) is 141 Å². The summed E-state index contributed by atoms with van der Waals surface area (Å²) in [7, 11) is 0. The zero-order valence-corrected chi connectivity index (χ0v) is 85.4. The van der Waals surface area contributed by atoms with Crippen molar-refractivity contribution >= 4 is 150 Å². The second kappa shape index (κ2) is 51.1. The normalized spacial score (nSPS) is 14.1. The lowest BCUT2D eigenvalue weighted by molar-refractivity contribution is -0.113. The van der Waals surface area contributed by atoms with E-state index in [2.05, 4.69) is 48.3 Å². The third-order valence-electron chi connectivity index (χ3n) is 26.0. The largest absolute Gasteiger partial charge is 0.491 e. The molecule has 13 aromatic carbocycles. The van der Waals surface area contributed by atoms with Crippen molar-refractivity contribution in [3.8, 4) is 17.2 Å². The summed E-state index contributed by atoms with van der Waals surface area (Å²) in [5.74, 6) is 2.17. The first-order valence-electron chi connectivity index (χ1n) is 45.3. The number of fused-ring (bicyclic) bond motifs is 6. The van der Waals surface area contributed by atoms with E-state index < -0.39 is 16.3 Å². The Morgan fingerprint density at radius 2 is 0.613 bits per heavy atom. The zero-order valence-electron chi connectivity index (χ0n) is 79.7. The Morgan fingerprint density at radius 3 is 1.06 bits per heavy atom. The van der Waals surface area contributed by atoms with Crippen molar-refractivity contribution in [1.82, 2.24) is 5.32 Å². The molecule has 0 aromatic heterocycles. The van der Waals surface area contributed by atoms with Gasteiger partial charge in [-0.2, -0.15) is 0 Å². The number of nitrogens with one attached hydrogen (secondary N) is 1. The predicted octanol–water partition coefficient (Wildman–Crippen LogP) is 9.16. The van der Waals surface area contributed by atoms with Crippen molar-refractivity contribution < 1.29 is 19.0 Å². The monoisotopic (exact) mass is 2080 g/mol. The number of carbonyl (C=O) groups excluding carboxylic acids is 1. The first-order chi connectivity index (χ1) is 64.9. The Labute approximate surface area is 863 Å². The van der Waals surface area contributed by atoms with Gasteiger partial charge >= 0.3 is 0 Å². The van der Waals surface area contributed by atoms with Crippen LogP contribution < -0.4 is 160 Å². The lowest BCUT2D eigenvalue weighted by Crippen LogP contribution is -2.43. The molecule has 20 rings (SSSR count). The highest BCUT2D eigenvalue weighted by atomic mass is 35.5. The number of hydrogen-bond donors (Lipinski definition) is 9. The third kappa shape index (κ3) is 23.9. The van der Waals surface area contributed by atoms with Crippen molar-refractivity contribution in [3.05, 3.63) is 385 Å². The second-order valence-electron chi connectivity index (χ2n) is 34.6. The number of carbonyl (C=O) groups is 1. The summed E-state index contributed by atoms with van der Waals surface area (Å²) in [4.78, 5) is 162. The van der Waals surface area contributed by atoms with E-state index in [1.165, 1.54) is 22.3 Å². The van der Waals surface area contributed by atoms with Gasteiger partial charge in [0.15, 0.2) is 0 Å². The van der Waals surface area contributed by atoms with E-state index in [4.69, 9.17) is 60.1 Å². The van der Waals surface area contributed by atoms with Gasteiger partial charge in [-0.15, -0.1) is 86.8 Å². The van der Waals surface area contributed by atoms with Gasteiger partial charge in [-0.3, -0.25) is 62.3 Å². The standard InChI is InChI=1S/2C16H18N2O2.2C15H16N2O3.C15H16N2O2.C14H14N2O3.C13H15N3O.7ClH/c1-10-14(16(20)15(10)19)18-6-2-3-12-5-4-11(8-17)7-13(12)9-18;1-10-14(16(20)15(10)19)18-7-3-2-4-12-6-5-11(9-17)8-13(12)18;1-9-13(15(19)14(9)18)17-5-2-6-20-12-4-3-10(8-16)7-11(12)17;1-9-13(15(19)14(9)18)17-4-5-20-12-3-2-10(7-16)6-11(12)8-17;1-9-13(15(19)14(9)18)17-6-2-3-11-5-4-10(8-16)7-12(11)17;1-8-12(14(18)13(8)17)16-4-5-19-11-3-2-9(7-15)6-10(11)16;1-8-11(15)12(13(8)17)16-7-10-4-2-3-9(5-10)6-14;;;;;;;/h4-5,7H,2-3,6,8-9,17H2,1H3;5-6,8H,2-4,7,9,17H2,1H3;3-4,7H,2,5-6,8,16H2,1H3;2-3,6H,4-5,7-8,16H2,1H3;4-5,7H,2-3,6,8,16H2,1H3;2-3,6H,4-5,7,15H2,1H3;2-5,16H,1,6-7,14-15H2;7*1H. The van der Waals surface area contributed by atoms with Crippen LogP contribution in [0.3, 0.4) is 0 Å². The molecule has 142 heavy (non-hydrogen) atoms. The fraction of sp³-hybridized carbons (Fsp3) is 0.317. The summed E-state index contributed by atoms with van der Waals surface area (Å²) >= 11 is 0. The number of allylic oxidation sites excluding steroid dienone is 2. The molecule has 0 fully saturated rings. The van der Waals surface area contributed by atoms with Crippen LogP contribution in [0.4, 0.5) is 56.9 Å². The van der Waals surface area contributed by atoms with E-state index in [1.807, 2.05) is 126 Å². The van der Waals surface area contributed by atoms with Crippen LogP contribution in [0.1, 0.15) is 138 Å². The first-order valence-corrected chi connectivity index (χ1v) is 45.3. The van der Waals surface area contributed by atoms with Crippen LogP contribution in [0.5, 0.6) is 17.2 Å². The molecular formula is C104H120Cl7N15O16. The maximum atomic E-state index is 11.9. The molecule has 6 aliphatic heterocycles. The SMILES string of the molecule is C=C1C(=O)C(NCc2cccc(CN)c2)=C1N.Cc1c(N2CCCCc3ccc(CN)cc32)c(=O)c1=O.Cc1c(N2CCCOc3ccc(CN)cc32)c(=O)c1=O.Cc1c(N2CCCc3ccc(CN)cc32)c(=O)c1=O.Cc1c(N2CCCc3ccc(CN)cc3C2)c(=O)c1=O.Cc1c(N2CCOc3ccc(CN)cc32)c(=O)c1=O.Cc1c(N2CCOc3ccc(CN)cc3C2)c(=O)c1=O.Cl.Cl.Cl.Cl.Cl.Cl.Cl. The van der Waals surface area contributed by atoms with Crippen LogP contribution in [0, 0.1) is 41.5 Å². The van der Waals surface area contributed by atoms with Gasteiger partial charge in [-0.05, 0) is 208 Å². The van der Waals surface area contributed by atoms with Crippen molar-refractivity contribution in [3.63, 3.8) is 0 Å². The molecule has 0 radical (unpaired) electrons. The highest BCUT2D eigenvalue weighted by Crippen LogP contribution is 2.41. The molecule has 31 nitrogen and oxygen atoms in total. The Hall–Kier alpha value is -12.3. The maximum absolute atomic E-state index is 11.9. The molecule has 0 saturated carbocycles. The molecule has 0 spiro atoms. The smallest absolute Gasteiger partial charge is 0.250 e. The summed E-state index contributed by atoms with van der Waals surface area (Å²) in [6.45, 7) is 24.7. The van der Waals surface area contributed by atoms with Crippen molar-refractivity contribution in [2.45, 2.75) is 158 Å². The maximum Gasteiger partial charge on any atom is 0.250 e. The summed E-state index contributed by atoms with van der Waals surface area (Å²) in [6.07, 6.45) is 7.91. The minimum atomic E-state index is -0.413. The number of hydrogen-bond acceptors (Lipinski definition) is 31. The van der Waals surface area contributed by atoms with Crippen molar-refractivity contribution in [2.24, 2.45) is 45.9 Å². The van der Waals surface area contributed by atoms with E-state index in [0.29, 0.717) is 189 Å². The van der Waals surface area contributed by atoms with Gasteiger partial charge in [0.2, 0.25) is 70.9 Å². The molecule has 0 saturated heterocycles. The number of anilines is 10. The first kappa shape index (κ1) is 117. The highest BCUT2D eigenvalue weighted by Gasteiger charge is 2.35. The number of Topliss-reactive ketones (excluding diaryl/α,β-unsaturated/α-hetero) is 1. The molecule has 0 unspecified atom stereocenters. The second-order valence-corrected chi connectivity index (χ2v) is 34.6. The summed E-state index contributed by atoms with van der Waals surface area (Å²) < 4.78 is 17.0. The number of ether oxygens (including phenoxy) is 3. The molecule has 13 aromatic rings. The van der Waals surface area contributed by atoms with Gasteiger partial charge in [0.1, 0.15) is 58.9 Å². The molecule has 7 aliphatic rings. The van der Waals surface area contributed by atoms with Gasteiger partial charge in [0, 0.05) is 148 Å². The van der Waals surface area contributed by atoms with Crippen LogP contribution in [-0.4, -0.2) is 64.9 Å². The third-order valence-corrected chi connectivity index (χ3v) is 26.0. The Kier molecular flexibility index (Phi) is 42.0. The molecule has 756 valence electrons. The van der Waals surface area contributed by atoms with Gasteiger partial charge in [0.25, 0.3) is 0 Å². The van der Waals surface area contributed by atoms with Crippen LogP contribution in [0.15, 0.2) is 215 Å². The van der Waals surface area contributed by atoms with E-state index in [1.54, 1.807) is 41.5 Å². The molecule has 6 heterocycles. The lowest BCUT2D eigenvalue weighted by atomic mass is 9.93. The highest BCUT2D eigenvalue weighted by molar-refractivity contribution is 6.18. The molecule has 17 N–H and O–H groups in total. The van der Waals surface area contributed by atoms with Gasteiger partial charge in [-0.25, -0.2) is 0 Å². The number of rotatable bonds is 16. The van der Waals surface area contributed by atoms with E-state index in [9.17, 15) is 62.3 Å². The number of aryl methyl sites for hydroxylation is 3. The molecule has 38 heteroatoms. The quantitative estimate of drug-likeness (QED) is 0.0321. The molecule has 0 atom stereocenters. The number of benzene rings is 7. The Morgan fingerprint density at radius 1 is 0.296 bits per heavy atom. The van der Waals surface area contributed by atoms with Crippen LogP contribution in [0.2, 0.25) is 0 Å². The Bertz CT molecular complexity index is 6900. The molecular weight excluding hydrogens is 1960 g/mol. The topological polar surface area (TPSA) is 489 Å². The number of nitrogens with zero attached hydrogens (tertiary/aromatic N) is 6. The van der Waals surface area contributed by atoms with Gasteiger partial charge in [-0.1, -0.05) is 91.5 Å². The lowest BCUT2D eigenvalue weighted by Gasteiger charge is -2.33. The zero-order chi connectivity index (χ0) is 96.7. The minimum absolute atomic E-state index is 0. The fourth-order valence-corrected chi connectivity index (χ4v) is 18.2. The minimum Gasteiger partial charge on any atom is -0.491 e. The number of ketones is 1. The Balaban J connectivity index is 0.000000223. The van der Waals surface area contributed by atoms with Crippen LogP contribution >= 0.6 is 86.8 Å². The van der Waals surface area contributed by atoms with Crippen LogP contribution in [0.25, 0.3) is 0 Å².